The molecular weight excluding hydrogens is 420 g/mol. The zero-order valence-electron chi connectivity index (χ0n) is 19.6. The number of nitrogens with one attached hydrogen (secondary N) is 3. The van der Waals surface area contributed by atoms with Gasteiger partial charge in [-0.15, -0.1) is 0 Å². The van der Waals surface area contributed by atoms with Crippen molar-refractivity contribution in [2.24, 2.45) is 5.92 Å². The molecule has 2 unspecified atom stereocenters. The van der Waals surface area contributed by atoms with Crippen molar-refractivity contribution in [3.05, 3.63) is 52.6 Å². The van der Waals surface area contributed by atoms with Gasteiger partial charge in [-0.1, -0.05) is 49.3 Å². The van der Waals surface area contributed by atoms with Gasteiger partial charge in [0.1, 0.15) is 0 Å². The molecule has 1 aromatic heterocycles. The molecule has 0 saturated heterocycles. The summed E-state index contributed by atoms with van der Waals surface area (Å²) in [6, 6.07) is 9.32. The van der Waals surface area contributed by atoms with Crippen LogP contribution in [0.5, 0.6) is 0 Å². The van der Waals surface area contributed by atoms with E-state index in [1.807, 2.05) is 39.8 Å². The van der Waals surface area contributed by atoms with Crippen LogP contribution in [0.3, 0.4) is 0 Å². The standard InChI is InChI=1S/C25H32N4O2S/c1-7-14(2)12-18(6)26-24(31)29-25-27-20-9-8-19(13-21(20)32-25)23(30)28-22-16(4)10-15(3)11-17(22)5/h8-11,13-14,18H,7,12H2,1-6H3,(H,28,30)(H2,26,27,29,31). The summed E-state index contributed by atoms with van der Waals surface area (Å²) in [6.45, 7) is 12.4. The van der Waals surface area contributed by atoms with Gasteiger partial charge in [0.05, 0.1) is 10.2 Å². The molecule has 7 heteroatoms. The number of rotatable bonds is 7. The molecule has 32 heavy (non-hydrogen) atoms. The van der Waals surface area contributed by atoms with E-state index in [2.05, 4.69) is 46.9 Å². The first-order valence-electron chi connectivity index (χ1n) is 11.0. The molecule has 170 valence electrons. The minimum Gasteiger partial charge on any atom is -0.335 e. The maximum Gasteiger partial charge on any atom is 0.321 e. The molecule has 2 atom stereocenters. The number of hydrogen-bond acceptors (Lipinski definition) is 4. The van der Waals surface area contributed by atoms with Crippen LogP contribution in [-0.2, 0) is 0 Å². The summed E-state index contributed by atoms with van der Waals surface area (Å²) in [5.74, 6) is 0.395. The van der Waals surface area contributed by atoms with Gasteiger partial charge in [-0.05, 0) is 69.4 Å². The van der Waals surface area contributed by atoms with Gasteiger partial charge in [0.25, 0.3) is 5.91 Å². The smallest absolute Gasteiger partial charge is 0.321 e. The van der Waals surface area contributed by atoms with E-state index in [1.165, 1.54) is 16.9 Å². The van der Waals surface area contributed by atoms with Gasteiger partial charge in [0, 0.05) is 17.3 Å². The average Bonchev–Trinajstić information content (AvgIpc) is 3.11. The van der Waals surface area contributed by atoms with Crippen molar-refractivity contribution in [2.75, 3.05) is 10.6 Å². The summed E-state index contributed by atoms with van der Waals surface area (Å²) in [5, 5.41) is 9.32. The molecule has 0 saturated carbocycles. The third-order valence-corrected chi connectivity index (χ3v) is 6.55. The molecule has 3 aromatic rings. The van der Waals surface area contributed by atoms with Crippen LogP contribution < -0.4 is 16.0 Å². The quantitative estimate of drug-likeness (QED) is 0.387. The van der Waals surface area contributed by atoms with Crippen molar-refractivity contribution in [3.63, 3.8) is 0 Å². The highest BCUT2D eigenvalue weighted by Crippen LogP contribution is 2.28. The van der Waals surface area contributed by atoms with Crippen LogP contribution in [0.4, 0.5) is 15.6 Å². The number of urea groups is 1. The summed E-state index contributed by atoms with van der Waals surface area (Å²) in [7, 11) is 0. The average molecular weight is 453 g/mol. The fourth-order valence-electron chi connectivity index (χ4n) is 3.87. The van der Waals surface area contributed by atoms with Gasteiger partial charge < -0.3 is 10.6 Å². The number of aromatic nitrogens is 1. The number of carbonyl (C=O) groups is 2. The molecule has 0 aliphatic carbocycles. The van der Waals surface area contributed by atoms with Gasteiger partial charge in [-0.2, -0.15) is 0 Å². The predicted octanol–water partition coefficient (Wildman–Crippen LogP) is 6.42. The fraction of sp³-hybridized carbons (Fsp3) is 0.400. The lowest BCUT2D eigenvalue weighted by Crippen LogP contribution is -2.36. The fourth-order valence-corrected chi connectivity index (χ4v) is 4.77. The number of hydrogen-bond donors (Lipinski definition) is 3. The Morgan fingerprint density at radius 3 is 2.38 bits per heavy atom. The van der Waals surface area contributed by atoms with Crippen molar-refractivity contribution >= 4 is 44.3 Å². The van der Waals surface area contributed by atoms with E-state index in [4.69, 9.17) is 0 Å². The molecule has 3 rings (SSSR count). The number of anilines is 2. The molecule has 0 aliphatic rings. The molecule has 0 radical (unpaired) electrons. The van der Waals surface area contributed by atoms with Crippen molar-refractivity contribution < 1.29 is 9.59 Å². The second-order valence-electron chi connectivity index (χ2n) is 8.68. The van der Waals surface area contributed by atoms with Crippen LogP contribution in [-0.4, -0.2) is 23.0 Å². The minimum atomic E-state index is -0.261. The molecule has 1 heterocycles. The first-order chi connectivity index (χ1) is 15.2. The second kappa shape index (κ2) is 10.1. The zero-order chi connectivity index (χ0) is 23.4. The number of benzene rings is 2. The number of aryl methyl sites for hydroxylation is 3. The Hall–Kier alpha value is -2.93. The van der Waals surface area contributed by atoms with E-state index >= 15 is 0 Å². The van der Waals surface area contributed by atoms with Gasteiger partial charge in [0.15, 0.2) is 5.13 Å². The van der Waals surface area contributed by atoms with E-state index in [0.29, 0.717) is 16.6 Å². The van der Waals surface area contributed by atoms with E-state index in [0.717, 1.165) is 39.9 Å². The van der Waals surface area contributed by atoms with Crippen LogP contribution in [0.1, 0.15) is 60.7 Å². The summed E-state index contributed by atoms with van der Waals surface area (Å²) in [6.07, 6.45) is 2.02. The van der Waals surface area contributed by atoms with Gasteiger partial charge in [-0.25, -0.2) is 9.78 Å². The lowest BCUT2D eigenvalue weighted by Gasteiger charge is -2.17. The van der Waals surface area contributed by atoms with E-state index in [1.54, 1.807) is 6.07 Å². The first-order valence-corrected chi connectivity index (χ1v) is 11.8. The topological polar surface area (TPSA) is 83.1 Å². The van der Waals surface area contributed by atoms with Gasteiger partial charge >= 0.3 is 6.03 Å². The van der Waals surface area contributed by atoms with Crippen molar-refractivity contribution in [2.45, 2.75) is 60.4 Å². The molecule has 6 nitrogen and oxygen atoms in total. The predicted molar refractivity (Wildman–Crippen MR) is 134 cm³/mol. The second-order valence-corrected chi connectivity index (χ2v) is 9.71. The highest BCUT2D eigenvalue weighted by molar-refractivity contribution is 7.22. The van der Waals surface area contributed by atoms with E-state index < -0.39 is 0 Å². The molecule has 0 bridgehead atoms. The van der Waals surface area contributed by atoms with Crippen molar-refractivity contribution in [1.29, 1.82) is 0 Å². The molecule has 2 aromatic carbocycles. The number of fused-ring (bicyclic) bond motifs is 1. The normalized spacial score (nSPS) is 12.9. The maximum absolute atomic E-state index is 12.9. The number of amides is 3. The number of nitrogens with zero attached hydrogens (tertiary/aromatic N) is 1. The summed E-state index contributed by atoms with van der Waals surface area (Å²) >= 11 is 1.35. The van der Waals surface area contributed by atoms with Crippen LogP contribution in [0.25, 0.3) is 10.2 Å². The molecule has 0 spiro atoms. The first kappa shape index (κ1) is 23.7. The highest BCUT2D eigenvalue weighted by atomic mass is 32.1. The lowest BCUT2D eigenvalue weighted by molar-refractivity contribution is 0.102. The maximum atomic E-state index is 12.9. The minimum absolute atomic E-state index is 0.0864. The Morgan fingerprint density at radius 2 is 1.72 bits per heavy atom. The third-order valence-electron chi connectivity index (χ3n) is 5.62. The Balaban J connectivity index is 1.69. The summed E-state index contributed by atoms with van der Waals surface area (Å²) < 4.78 is 0.845. The molecule has 3 N–H and O–H groups in total. The Kier molecular flexibility index (Phi) is 7.51. The molecular formula is C25H32N4O2S. The van der Waals surface area contributed by atoms with Crippen LogP contribution in [0.15, 0.2) is 30.3 Å². The Labute approximate surface area is 193 Å². The molecule has 3 amide bonds. The van der Waals surface area contributed by atoms with Crippen LogP contribution in [0, 0.1) is 26.7 Å². The zero-order valence-corrected chi connectivity index (χ0v) is 20.4. The number of thiazole rings is 1. The summed E-state index contributed by atoms with van der Waals surface area (Å²) in [5.41, 5.74) is 5.39. The summed E-state index contributed by atoms with van der Waals surface area (Å²) in [4.78, 5) is 29.6. The monoisotopic (exact) mass is 452 g/mol. The largest absolute Gasteiger partial charge is 0.335 e. The highest BCUT2D eigenvalue weighted by Gasteiger charge is 2.15. The van der Waals surface area contributed by atoms with Crippen molar-refractivity contribution in [3.8, 4) is 0 Å². The van der Waals surface area contributed by atoms with Gasteiger partial charge in [-0.3, -0.25) is 10.1 Å². The Bertz CT molecular complexity index is 1120. The SMILES string of the molecule is CCC(C)CC(C)NC(=O)Nc1nc2ccc(C(=O)Nc3c(C)cc(C)cc3C)cc2s1. The third kappa shape index (κ3) is 5.85. The number of carbonyl (C=O) groups excluding carboxylic acids is 2. The van der Waals surface area contributed by atoms with Crippen molar-refractivity contribution in [1.82, 2.24) is 10.3 Å². The molecule has 0 fully saturated rings. The van der Waals surface area contributed by atoms with E-state index in [-0.39, 0.29) is 18.0 Å². The Morgan fingerprint density at radius 1 is 1.03 bits per heavy atom. The molecule has 0 aliphatic heterocycles. The van der Waals surface area contributed by atoms with Crippen LogP contribution >= 0.6 is 11.3 Å². The lowest BCUT2D eigenvalue weighted by atomic mass is 10.0. The van der Waals surface area contributed by atoms with E-state index in [9.17, 15) is 9.59 Å². The van der Waals surface area contributed by atoms with Gasteiger partial charge in [0.2, 0.25) is 0 Å². The van der Waals surface area contributed by atoms with Crippen LogP contribution in [0.2, 0.25) is 0 Å².